The number of methoxy groups -OCH3 is 1. The van der Waals surface area contributed by atoms with E-state index in [2.05, 4.69) is 0 Å². The van der Waals surface area contributed by atoms with Gasteiger partial charge in [0.05, 0.1) is 13.0 Å². The highest BCUT2D eigenvalue weighted by Crippen LogP contribution is 2.26. The molecule has 5 heteroatoms. The molecule has 0 fully saturated rings. The number of hydrogen-bond donors (Lipinski definition) is 0. The van der Waals surface area contributed by atoms with Crippen LogP contribution in [0.4, 0.5) is 0 Å². The number of ether oxygens (including phenoxy) is 3. The van der Waals surface area contributed by atoms with Crippen LogP contribution in [0.5, 0.6) is 5.75 Å². The second-order valence-corrected chi connectivity index (χ2v) is 5.88. The quantitative estimate of drug-likeness (QED) is 0.466. The summed E-state index contributed by atoms with van der Waals surface area (Å²) in [5, 5.41) is 2.45. The molecule has 0 aliphatic carbocycles. The van der Waals surface area contributed by atoms with Gasteiger partial charge in [-0.2, -0.15) is 0 Å². The molecule has 0 saturated carbocycles. The van der Waals surface area contributed by atoms with E-state index in [0.717, 1.165) is 22.1 Å². The van der Waals surface area contributed by atoms with Gasteiger partial charge >= 0.3 is 5.97 Å². The number of carbonyl (C=O) groups excluding carboxylic acids is 1. The Kier molecular flexibility index (Phi) is 5.55. The molecule has 0 aliphatic rings. The van der Waals surface area contributed by atoms with Gasteiger partial charge < -0.3 is 14.2 Å². The van der Waals surface area contributed by atoms with Crippen molar-refractivity contribution in [3.63, 3.8) is 0 Å². The normalized spacial score (nSPS) is 13.2. The number of rotatable bonds is 5. The second-order valence-electron chi connectivity index (χ2n) is 5.31. The predicted octanol–water partition coefficient (Wildman–Crippen LogP) is 4.21. The van der Waals surface area contributed by atoms with E-state index in [4.69, 9.17) is 26.4 Å². The van der Waals surface area contributed by atoms with Crippen molar-refractivity contribution in [3.8, 4) is 5.75 Å². The molecule has 2 aromatic carbocycles. The summed E-state index contributed by atoms with van der Waals surface area (Å²) in [5.41, 5.74) is 0.888. The molecule has 0 heterocycles. The van der Waals surface area contributed by atoms with E-state index in [1.54, 1.807) is 21.0 Å². The van der Waals surface area contributed by atoms with E-state index in [0.29, 0.717) is 5.05 Å². The van der Waals surface area contributed by atoms with Crippen LogP contribution in [0.25, 0.3) is 10.8 Å². The van der Waals surface area contributed by atoms with Crippen LogP contribution in [0.2, 0.25) is 0 Å². The topological polar surface area (TPSA) is 44.8 Å². The number of thiocarbonyl (C=S) groups is 1. The number of hydrogen-bond acceptors (Lipinski definition) is 5. The zero-order valence-corrected chi connectivity index (χ0v) is 14.5. The van der Waals surface area contributed by atoms with Crippen molar-refractivity contribution in [2.75, 3.05) is 7.11 Å². The standard InChI is InChI=1S/C18H20O4S/c1-11(18(19)22-12(2)21-13(3)23)14-5-6-16-10-17(20-4)8-7-15(16)9-14/h5-12H,1-4H3/t11-,12-/m0/s1. The minimum absolute atomic E-state index is 0.345. The van der Waals surface area contributed by atoms with Gasteiger partial charge in [-0.3, -0.25) is 4.79 Å². The highest BCUT2D eigenvalue weighted by atomic mass is 32.1. The Hall–Kier alpha value is -2.14. The van der Waals surface area contributed by atoms with Crippen molar-refractivity contribution < 1.29 is 19.0 Å². The van der Waals surface area contributed by atoms with Gasteiger partial charge in [0.2, 0.25) is 6.29 Å². The molecule has 0 bridgehead atoms. The third-order valence-corrected chi connectivity index (χ3v) is 3.64. The molecule has 122 valence electrons. The number of benzene rings is 2. The third kappa shape index (κ3) is 4.42. The van der Waals surface area contributed by atoms with Crippen LogP contribution < -0.4 is 4.74 Å². The Morgan fingerprint density at radius 2 is 1.70 bits per heavy atom. The maximum Gasteiger partial charge on any atom is 0.316 e. The number of esters is 1. The van der Waals surface area contributed by atoms with Gasteiger partial charge in [-0.1, -0.05) is 24.3 Å². The predicted molar refractivity (Wildman–Crippen MR) is 93.8 cm³/mol. The van der Waals surface area contributed by atoms with Crippen LogP contribution in [0.1, 0.15) is 32.3 Å². The summed E-state index contributed by atoms with van der Waals surface area (Å²) in [7, 11) is 1.64. The molecule has 2 atom stereocenters. The molecule has 0 unspecified atom stereocenters. The fourth-order valence-electron chi connectivity index (χ4n) is 2.30. The average molecular weight is 332 g/mol. The molecule has 2 aromatic rings. The summed E-state index contributed by atoms with van der Waals surface area (Å²) >= 11 is 4.83. The molecule has 23 heavy (non-hydrogen) atoms. The molecule has 4 nitrogen and oxygen atoms in total. The summed E-state index contributed by atoms with van der Waals surface area (Å²) in [4.78, 5) is 12.2. The lowest BCUT2D eigenvalue weighted by Gasteiger charge is -2.18. The number of fused-ring (bicyclic) bond motifs is 1. The fraction of sp³-hybridized carbons (Fsp3) is 0.333. The van der Waals surface area contributed by atoms with Crippen LogP contribution in [-0.4, -0.2) is 24.4 Å². The second kappa shape index (κ2) is 7.42. The van der Waals surface area contributed by atoms with Gasteiger partial charge in [-0.05, 0) is 47.6 Å². The Bertz CT molecular complexity index is 726. The van der Waals surface area contributed by atoms with Gasteiger partial charge in [0.25, 0.3) is 0 Å². The number of carbonyl (C=O) groups is 1. The molecule has 0 saturated heterocycles. The SMILES string of the molecule is COc1ccc2cc([C@H](C)C(=O)O[C@@H](C)OC(C)=S)ccc2c1. The first-order valence-electron chi connectivity index (χ1n) is 7.36. The Morgan fingerprint density at radius 3 is 2.35 bits per heavy atom. The molecule has 0 radical (unpaired) electrons. The lowest BCUT2D eigenvalue weighted by atomic mass is 9.98. The zero-order chi connectivity index (χ0) is 17.0. The van der Waals surface area contributed by atoms with Crippen LogP contribution in [-0.2, 0) is 14.3 Å². The Balaban J connectivity index is 2.15. The van der Waals surface area contributed by atoms with Crippen molar-refractivity contribution in [2.24, 2.45) is 0 Å². The van der Waals surface area contributed by atoms with Crippen LogP contribution in [0.15, 0.2) is 36.4 Å². The molecule has 0 amide bonds. The molecule has 0 aromatic heterocycles. The summed E-state index contributed by atoms with van der Waals surface area (Å²) in [6.07, 6.45) is -0.688. The maximum atomic E-state index is 12.2. The summed E-state index contributed by atoms with van der Waals surface area (Å²) in [6, 6.07) is 11.7. The molecule has 0 spiro atoms. The largest absolute Gasteiger partial charge is 0.497 e. The highest BCUT2D eigenvalue weighted by Gasteiger charge is 2.20. The van der Waals surface area contributed by atoms with Crippen molar-refractivity contribution in [1.29, 1.82) is 0 Å². The van der Waals surface area contributed by atoms with E-state index in [-0.39, 0.29) is 5.97 Å². The van der Waals surface area contributed by atoms with Crippen LogP contribution in [0.3, 0.4) is 0 Å². The minimum atomic E-state index is -0.688. The van der Waals surface area contributed by atoms with Gasteiger partial charge in [0, 0.05) is 13.8 Å². The van der Waals surface area contributed by atoms with E-state index in [1.807, 2.05) is 43.3 Å². The summed E-state index contributed by atoms with van der Waals surface area (Å²) in [5.74, 6) is 0.0683. The van der Waals surface area contributed by atoms with Gasteiger partial charge in [-0.25, -0.2) is 0 Å². The average Bonchev–Trinajstić information content (AvgIpc) is 2.52. The molecule has 2 rings (SSSR count). The van der Waals surface area contributed by atoms with E-state index < -0.39 is 12.2 Å². The Labute approximate surface area is 141 Å². The zero-order valence-electron chi connectivity index (χ0n) is 13.7. The molecule has 0 aliphatic heterocycles. The Morgan fingerprint density at radius 1 is 1.04 bits per heavy atom. The summed E-state index contributed by atoms with van der Waals surface area (Å²) in [6.45, 7) is 5.10. The first-order valence-corrected chi connectivity index (χ1v) is 7.77. The van der Waals surface area contributed by atoms with E-state index in [1.165, 1.54) is 0 Å². The fourth-order valence-corrected chi connectivity index (χ4v) is 2.43. The van der Waals surface area contributed by atoms with Gasteiger partial charge in [0.15, 0.2) is 5.05 Å². The highest BCUT2D eigenvalue weighted by molar-refractivity contribution is 7.80. The first-order chi connectivity index (χ1) is 10.9. The summed E-state index contributed by atoms with van der Waals surface area (Å²) < 4.78 is 15.6. The van der Waals surface area contributed by atoms with Crippen LogP contribution in [0, 0.1) is 0 Å². The first kappa shape index (κ1) is 17.2. The van der Waals surface area contributed by atoms with E-state index >= 15 is 0 Å². The van der Waals surface area contributed by atoms with E-state index in [9.17, 15) is 4.79 Å². The monoisotopic (exact) mass is 332 g/mol. The lowest BCUT2D eigenvalue weighted by molar-refractivity contribution is -0.163. The van der Waals surface area contributed by atoms with Crippen molar-refractivity contribution in [2.45, 2.75) is 33.0 Å². The molecule has 0 N–H and O–H groups in total. The van der Waals surface area contributed by atoms with Crippen LogP contribution >= 0.6 is 12.2 Å². The van der Waals surface area contributed by atoms with Gasteiger partial charge in [0.1, 0.15) is 5.75 Å². The van der Waals surface area contributed by atoms with Crippen molar-refractivity contribution in [1.82, 2.24) is 0 Å². The van der Waals surface area contributed by atoms with Crippen molar-refractivity contribution >= 4 is 34.0 Å². The minimum Gasteiger partial charge on any atom is -0.497 e. The molecular formula is C18H20O4S. The maximum absolute atomic E-state index is 12.2. The third-order valence-electron chi connectivity index (χ3n) is 3.54. The molecular weight excluding hydrogens is 312 g/mol. The van der Waals surface area contributed by atoms with Gasteiger partial charge in [-0.15, -0.1) is 0 Å². The smallest absolute Gasteiger partial charge is 0.316 e. The lowest BCUT2D eigenvalue weighted by Crippen LogP contribution is -2.23. The van der Waals surface area contributed by atoms with Crippen molar-refractivity contribution in [3.05, 3.63) is 42.0 Å².